The number of nitrogens with two attached hydrogens (primary N) is 3. The normalized spacial score (nSPS) is 26.3. The largest absolute Gasteiger partial charge is 0.508 e. The Kier molecular flexibility index (Phi) is 27.1. The van der Waals surface area contributed by atoms with E-state index >= 15 is 0 Å². The first-order valence-electron chi connectivity index (χ1n) is 26.1. The topological polar surface area (TPSA) is 484 Å². The van der Waals surface area contributed by atoms with Crippen molar-refractivity contribution in [2.24, 2.45) is 17.2 Å². The molecule has 0 bridgehead atoms. The number of aliphatic hydroxyl groups excluding tert-OH is 2. The number of hydrogen-bond donors (Lipinski definition) is 16. The molecule has 29 nitrogen and oxygen atoms in total. The molecule has 2 aromatic carbocycles. The Morgan fingerprint density at radius 2 is 1.06 bits per heavy atom. The number of benzene rings is 2. The molecule has 2 aromatic rings. The minimum atomic E-state index is -1.93. The number of carboxylic acid groups (broad SMARTS) is 1. The summed E-state index contributed by atoms with van der Waals surface area (Å²) in [5.41, 5.74) is 17.8. The lowest BCUT2D eigenvalue weighted by Crippen LogP contribution is -2.63. The Hall–Kier alpha value is -7.39. The van der Waals surface area contributed by atoms with E-state index in [9.17, 15) is 83.1 Å². The Bertz CT molecular complexity index is 2660. The van der Waals surface area contributed by atoms with Crippen molar-refractivity contribution in [2.75, 3.05) is 30.1 Å². The molecular weight excluding hydrogens is 1150 g/mol. The number of aliphatic carboxylic acids is 1. The number of amides is 11. The van der Waals surface area contributed by atoms with E-state index in [0.717, 1.165) is 40.3 Å². The predicted octanol–water partition coefficient (Wildman–Crippen LogP) is -4.79. The van der Waals surface area contributed by atoms with Gasteiger partial charge in [-0.25, -0.2) is 4.79 Å². The standard InChI is InChI=1S/C51H72N12O17S3/c1-24(64)40-49(77)62-41(25(2)65)50(78)63-17-4-5-37(63)48(76)59-35(21-39(54)69)46(74)58-33(19-26-6-10-28(66)11-7-26)45(73)60-36(51(79)80)23-83-82-22-30(52)42(70)55-32(16-18-81-3)44(72)56-31(14-15-38(53)68)43(71)57-34(47(75)61-40)20-27-8-12-29(67)13-9-27/h6-13,24-25,30-37,40-41,64-67H,4-5,14-23,52H2,1-3H3,(H2,53,68)(H2,54,69)(H,55,70)(H,56,72)(H,57,71)(H,58,74)(H,59,76)(H,60,73)(H,61,75)(H,62,77)(H,79,80)/t24-,25-,30+,31+,32+,33?,34?,35+,36+,37+,40+,41?/m0/s1. The third-order valence-corrected chi connectivity index (χ3v) is 16.2. The van der Waals surface area contributed by atoms with Gasteiger partial charge in [0.25, 0.3) is 0 Å². The number of nitrogens with one attached hydrogen (secondary N) is 8. The van der Waals surface area contributed by atoms with Crippen LogP contribution in [0.2, 0.25) is 0 Å². The number of rotatable bonds is 15. The summed E-state index contributed by atoms with van der Waals surface area (Å²) >= 11 is 1.31. The van der Waals surface area contributed by atoms with Crippen LogP contribution < -0.4 is 59.7 Å². The van der Waals surface area contributed by atoms with Crippen LogP contribution in [0.1, 0.15) is 63.5 Å². The predicted molar refractivity (Wildman–Crippen MR) is 303 cm³/mol. The van der Waals surface area contributed by atoms with Crippen LogP contribution in [-0.4, -0.2) is 204 Å². The van der Waals surface area contributed by atoms with E-state index < -0.39 is 163 Å². The number of carbonyl (C=O) groups is 12. The number of carbonyl (C=O) groups excluding carboxylic acids is 11. The number of nitrogens with zero attached hydrogens (tertiary/aromatic N) is 1. The van der Waals surface area contributed by atoms with E-state index in [0.29, 0.717) is 16.9 Å². The Morgan fingerprint density at radius 1 is 0.602 bits per heavy atom. The Morgan fingerprint density at radius 3 is 1.57 bits per heavy atom. The monoisotopic (exact) mass is 1220 g/mol. The van der Waals surface area contributed by atoms with Crippen molar-refractivity contribution in [3.63, 3.8) is 0 Å². The van der Waals surface area contributed by atoms with E-state index in [4.69, 9.17) is 17.2 Å². The van der Waals surface area contributed by atoms with Gasteiger partial charge in [-0.05, 0) is 86.9 Å². The number of aliphatic hydroxyl groups is 2. The van der Waals surface area contributed by atoms with Gasteiger partial charge in [0.05, 0.1) is 24.7 Å². The molecule has 0 aliphatic carbocycles. The lowest BCUT2D eigenvalue weighted by Gasteiger charge is -2.32. The summed E-state index contributed by atoms with van der Waals surface area (Å²) in [6.07, 6.45) is -4.07. The fraction of sp³-hybridized carbons (Fsp3) is 0.529. The number of carboxylic acids is 1. The molecule has 456 valence electrons. The van der Waals surface area contributed by atoms with Crippen LogP contribution in [0.25, 0.3) is 0 Å². The summed E-state index contributed by atoms with van der Waals surface area (Å²) in [6, 6.07) is -5.48. The lowest BCUT2D eigenvalue weighted by atomic mass is 10.0. The molecule has 4 rings (SSSR count). The maximum absolute atomic E-state index is 14.3. The average Bonchev–Trinajstić information content (AvgIpc) is 4.18. The van der Waals surface area contributed by atoms with Gasteiger partial charge < -0.3 is 90.2 Å². The minimum absolute atomic E-state index is 0.0130. The average molecular weight is 1220 g/mol. The second-order valence-corrected chi connectivity index (χ2v) is 23.3. The highest BCUT2D eigenvalue weighted by molar-refractivity contribution is 8.76. The molecule has 11 amide bonds. The molecule has 32 heteroatoms. The first-order valence-corrected chi connectivity index (χ1v) is 30.0. The highest BCUT2D eigenvalue weighted by Gasteiger charge is 2.43. The number of phenolic OH excluding ortho intramolecular Hbond substituents is 2. The van der Waals surface area contributed by atoms with Crippen LogP contribution in [0, 0.1) is 0 Å². The summed E-state index contributed by atoms with van der Waals surface area (Å²) in [6.45, 7) is 2.08. The van der Waals surface area contributed by atoms with Gasteiger partial charge in [0.1, 0.15) is 65.9 Å². The molecule has 0 saturated carbocycles. The van der Waals surface area contributed by atoms with Crippen LogP contribution in [0.15, 0.2) is 48.5 Å². The van der Waals surface area contributed by atoms with E-state index in [1.54, 1.807) is 6.26 Å². The van der Waals surface area contributed by atoms with Crippen LogP contribution in [0.4, 0.5) is 0 Å². The molecule has 83 heavy (non-hydrogen) atoms. The third kappa shape index (κ3) is 21.7. The summed E-state index contributed by atoms with van der Waals surface area (Å²) in [4.78, 5) is 165. The quantitative estimate of drug-likeness (QED) is 0.0744. The molecule has 0 spiro atoms. The molecule has 2 aliphatic rings. The molecular formula is C51H72N12O17S3. The van der Waals surface area contributed by atoms with Gasteiger partial charge in [0.2, 0.25) is 65.0 Å². The Labute approximate surface area is 489 Å². The van der Waals surface area contributed by atoms with Crippen molar-refractivity contribution in [3.05, 3.63) is 59.7 Å². The van der Waals surface area contributed by atoms with Crippen molar-refractivity contribution in [1.29, 1.82) is 0 Å². The van der Waals surface area contributed by atoms with Gasteiger partial charge in [-0.3, -0.25) is 52.7 Å². The fourth-order valence-electron chi connectivity index (χ4n) is 8.52. The van der Waals surface area contributed by atoms with Gasteiger partial charge in [-0.1, -0.05) is 45.9 Å². The number of fused-ring (bicyclic) bond motifs is 1. The van der Waals surface area contributed by atoms with Gasteiger partial charge in [0, 0.05) is 37.3 Å². The maximum Gasteiger partial charge on any atom is 0.327 e. The smallest absolute Gasteiger partial charge is 0.327 e. The number of phenols is 2. The highest BCUT2D eigenvalue weighted by atomic mass is 33.1. The summed E-state index contributed by atoms with van der Waals surface area (Å²) in [7, 11) is 1.82. The zero-order valence-corrected chi connectivity index (χ0v) is 48.0. The van der Waals surface area contributed by atoms with Gasteiger partial charge in [-0.2, -0.15) is 11.8 Å². The molecule has 2 heterocycles. The van der Waals surface area contributed by atoms with Crippen molar-refractivity contribution < 1.29 is 83.1 Å². The molecule has 0 aromatic heterocycles. The SMILES string of the molecule is CSCC[C@H]1NC(=O)[C@H](N)CSSC[C@H](C(=O)O)NC(=O)C(Cc2ccc(O)cc2)NC(=O)[C@@H](CC(N)=O)NC(=O)[C@H]2CCCN2C(=O)C([C@H](C)O)NC(=O)[C@@H]([C@H](C)O)NC(=O)C(Cc2ccc(O)cc2)NC(=O)[C@@H](CCC(N)=O)NC1=O. The van der Waals surface area contributed by atoms with Gasteiger partial charge >= 0.3 is 5.97 Å². The second-order valence-electron chi connectivity index (χ2n) is 19.7. The second kappa shape index (κ2) is 33.0. The molecule has 12 atom stereocenters. The van der Waals surface area contributed by atoms with Crippen LogP contribution in [0.3, 0.4) is 0 Å². The van der Waals surface area contributed by atoms with Crippen molar-refractivity contribution in [3.8, 4) is 11.5 Å². The van der Waals surface area contributed by atoms with Gasteiger partial charge in [0.15, 0.2) is 0 Å². The number of primary amides is 2. The molecule has 2 aliphatic heterocycles. The summed E-state index contributed by atoms with van der Waals surface area (Å²) in [5.74, 6) is -13.5. The minimum Gasteiger partial charge on any atom is -0.508 e. The third-order valence-electron chi connectivity index (χ3n) is 13.1. The zero-order valence-electron chi connectivity index (χ0n) is 45.6. The number of thioether (sulfide) groups is 1. The van der Waals surface area contributed by atoms with E-state index in [2.05, 4.69) is 42.5 Å². The van der Waals surface area contributed by atoms with E-state index in [1.807, 2.05) is 0 Å². The summed E-state index contributed by atoms with van der Waals surface area (Å²) in [5, 5.41) is 71.4. The van der Waals surface area contributed by atoms with E-state index in [-0.39, 0.29) is 61.7 Å². The first kappa shape index (κ1) is 68.1. The fourth-order valence-corrected chi connectivity index (χ4v) is 11.3. The van der Waals surface area contributed by atoms with Crippen LogP contribution in [0.5, 0.6) is 11.5 Å². The van der Waals surface area contributed by atoms with Crippen molar-refractivity contribution in [1.82, 2.24) is 47.4 Å². The number of aromatic hydroxyl groups is 2. The maximum atomic E-state index is 14.3. The van der Waals surface area contributed by atoms with Crippen LogP contribution >= 0.6 is 33.3 Å². The molecule has 3 unspecified atom stereocenters. The first-order chi connectivity index (χ1) is 39.2. The molecule has 2 fully saturated rings. The van der Waals surface area contributed by atoms with Gasteiger partial charge in [-0.15, -0.1) is 0 Å². The number of hydrogen-bond acceptors (Lipinski definition) is 20. The van der Waals surface area contributed by atoms with Crippen molar-refractivity contribution >= 4 is 104 Å². The van der Waals surface area contributed by atoms with Crippen molar-refractivity contribution in [2.45, 2.75) is 138 Å². The van der Waals surface area contributed by atoms with E-state index in [1.165, 1.54) is 60.3 Å². The van der Waals surface area contributed by atoms with Crippen LogP contribution in [-0.2, 0) is 70.4 Å². The molecule has 0 radical (unpaired) electrons. The summed E-state index contributed by atoms with van der Waals surface area (Å²) < 4.78 is 0. The highest BCUT2D eigenvalue weighted by Crippen LogP contribution is 2.24. The zero-order chi connectivity index (χ0) is 61.7. The lowest BCUT2D eigenvalue weighted by molar-refractivity contribution is -0.145. The Balaban J connectivity index is 1.78. The molecule has 2 saturated heterocycles. The molecule has 19 N–H and O–H groups in total.